The summed E-state index contributed by atoms with van der Waals surface area (Å²) in [5.41, 5.74) is 8.19. The minimum atomic E-state index is 0.0634. The van der Waals surface area contributed by atoms with Crippen LogP contribution in [0, 0.1) is 6.92 Å². The number of nitrogens with two attached hydrogens (primary N) is 1. The van der Waals surface area contributed by atoms with E-state index in [1.807, 2.05) is 13.0 Å². The van der Waals surface area contributed by atoms with Gasteiger partial charge in [0, 0.05) is 37.9 Å². The van der Waals surface area contributed by atoms with Crippen LogP contribution in [0.1, 0.15) is 30.6 Å². The molecule has 19 heavy (non-hydrogen) atoms. The van der Waals surface area contributed by atoms with Crippen molar-refractivity contribution in [1.29, 1.82) is 0 Å². The van der Waals surface area contributed by atoms with Gasteiger partial charge in [-0.05, 0) is 25.0 Å². The van der Waals surface area contributed by atoms with Crippen LogP contribution in [0.25, 0.3) is 0 Å². The lowest BCUT2D eigenvalue weighted by atomic mass is 10.0. The molecule has 1 atom stereocenters. The van der Waals surface area contributed by atoms with Crippen molar-refractivity contribution in [3.63, 3.8) is 0 Å². The van der Waals surface area contributed by atoms with Crippen LogP contribution < -0.4 is 10.6 Å². The molecular weight excluding hydrogens is 240 g/mol. The summed E-state index contributed by atoms with van der Waals surface area (Å²) < 4.78 is 0. The van der Waals surface area contributed by atoms with E-state index in [1.54, 1.807) is 4.90 Å². The molecule has 0 unspecified atom stereocenters. The summed E-state index contributed by atoms with van der Waals surface area (Å²) in [4.78, 5) is 19.4. The first-order chi connectivity index (χ1) is 9.15. The first-order valence-electron chi connectivity index (χ1n) is 6.83. The molecule has 2 N–H and O–H groups in total. The van der Waals surface area contributed by atoms with Crippen molar-refractivity contribution in [2.24, 2.45) is 5.73 Å². The lowest BCUT2D eigenvalue weighted by Crippen LogP contribution is -2.46. The van der Waals surface area contributed by atoms with Crippen LogP contribution in [0.5, 0.6) is 0 Å². The van der Waals surface area contributed by atoms with Crippen LogP contribution in [0.3, 0.4) is 0 Å². The molecule has 2 heterocycles. The second-order valence-electron chi connectivity index (χ2n) is 4.99. The Morgan fingerprint density at radius 2 is 2.05 bits per heavy atom. The second kappa shape index (κ2) is 6.02. The lowest BCUT2D eigenvalue weighted by Gasteiger charge is -2.33. The van der Waals surface area contributed by atoms with Crippen molar-refractivity contribution in [3.8, 4) is 0 Å². The predicted octanol–water partition coefficient (Wildman–Crippen LogP) is 1.08. The maximum atomic E-state index is 10.7. The van der Waals surface area contributed by atoms with Crippen LogP contribution in [-0.2, 0) is 4.79 Å². The third-order valence-corrected chi connectivity index (χ3v) is 3.74. The van der Waals surface area contributed by atoms with Gasteiger partial charge in [0.1, 0.15) is 5.82 Å². The zero-order valence-corrected chi connectivity index (χ0v) is 11.7. The Hall–Kier alpha value is -1.62. The smallest absolute Gasteiger partial charge is 0.209 e. The van der Waals surface area contributed by atoms with Crippen molar-refractivity contribution >= 4 is 12.2 Å². The molecule has 0 saturated carbocycles. The fourth-order valence-corrected chi connectivity index (χ4v) is 2.40. The van der Waals surface area contributed by atoms with Gasteiger partial charge in [0.15, 0.2) is 0 Å². The van der Waals surface area contributed by atoms with Gasteiger partial charge in [-0.1, -0.05) is 13.0 Å². The van der Waals surface area contributed by atoms with Gasteiger partial charge in [0.25, 0.3) is 0 Å². The van der Waals surface area contributed by atoms with Crippen molar-refractivity contribution in [2.75, 3.05) is 31.1 Å². The van der Waals surface area contributed by atoms with E-state index in [1.165, 1.54) is 0 Å². The molecular formula is C14H22N4O. The summed E-state index contributed by atoms with van der Waals surface area (Å²) >= 11 is 0. The van der Waals surface area contributed by atoms with Crippen LogP contribution in [0.4, 0.5) is 5.82 Å². The molecule has 1 aromatic heterocycles. The standard InChI is InChI=1S/C14H22N4O/c1-3-13(15)12-4-5-14(16-11(12)2)18-8-6-17(10-19)7-9-18/h4-5,10,13H,3,6-9,15H2,1-2H3/t13-/m0/s1. The second-order valence-corrected chi connectivity index (χ2v) is 4.99. The number of carbonyl (C=O) groups is 1. The first kappa shape index (κ1) is 13.8. The molecule has 1 aliphatic rings. The van der Waals surface area contributed by atoms with E-state index in [-0.39, 0.29) is 6.04 Å². The summed E-state index contributed by atoms with van der Waals surface area (Å²) in [5, 5.41) is 0. The molecule has 0 spiro atoms. The summed E-state index contributed by atoms with van der Waals surface area (Å²) in [5.74, 6) is 0.982. The number of rotatable bonds is 4. The average Bonchev–Trinajstić information content (AvgIpc) is 2.46. The van der Waals surface area contributed by atoms with E-state index in [0.717, 1.165) is 56.1 Å². The Kier molecular flexibility index (Phi) is 4.37. The number of aryl methyl sites for hydroxylation is 1. The van der Waals surface area contributed by atoms with Crippen LogP contribution >= 0.6 is 0 Å². The SMILES string of the molecule is CC[C@H](N)c1ccc(N2CCN(C=O)CC2)nc1C. The van der Waals surface area contributed by atoms with Crippen molar-refractivity contribution < 1.29 is 4.79 Å². The fraction of sp³-hybridized carbons (Fsp3) is 0.571. The molecule has 104 valence electrons. The zero-order chi connectivity index (χ0) is 13.8. The number of aromatic nitrogens is 1. The average molecular weight is 262 g/mol. The normalized spacial score (nSPS) is 17.4. The third-order valence-electron chi connectivity index (χ3n) is 3.74. The van der Waals surface area contributed by atoms with Gasteiger partial charge in [-0.25, -0.2) is 4.98 Å². The van der Waals surface area contributed by atoms with Gasteiger partial charge in [0.05, 0.1) is 0 Å². The topological polar surface area (TPSA) is 62.5 Å². The highest BCUT2D eigenvalue weighted by Gasteiger charge is 2.17. The number of pyridine rings is 1. The lowest BCUT2D eigenvalue weighted by molar-refractivity contribution is -0.118. The number of hydrogen-bond donors (Lipinski definition) is 1. The zero-order valence-electron chi connectivity index (χ0n) is 11.7. The summed E-state index contributed by atoms with van der Waals surface area (Å²) in [6.45, 7) is 7.29. The first-order valence-corrected chi connectivity index (χ1v) is 6.83. The van der Waals surface area contributed by atoms with Crippen LogP contribution in [-0.4, -0.2) is 42.5 Å². The van der Waals surface area contributed by atoms with Crippen molar-refractivity contribution in [3.05, 3.63) is 23.4 Å². The van der Waals surface area contributed by atoms with Gasteiger partial charge in [-0.2, -0.15) is 0 Å². The van der Waals surface area contributed by atoms with Gasteiger partial charge in [0.2, 0.25) is 6.41 Å². The predicted molar refractivity (Wildman–Crippen MR) is 76.0 cm³/mol. The highest BCUT2D eigenvalue weighted by atomic mass is 16.1. The monoisotopic (exact) mass is 262 g/mol. The van der Waals surface area contributed by atoms with Crippen molar-refractivity contribution in [2.45, 2.75) is 26.3 Å². The molecule has 0 aliphatic carbocycles. The Balaban J connectivity index is 2.10. The van der Waals surface area contributed by atoms with E-state index < -0.39 is 0 Å². The molecule has 1 aliphatic heterocycles. The van der Waals surface area contributed by atoms with E-state index in [9.17, 15) is 4.79 Å². The Morgan fingerprint density at radius 1 is 1.37 bits per heavy atom. The number of hydrogen-bond acceptors (Lipinski definition) is 4. The Labute approximate surface area is 114 Å². The minimum absolute atomic E-state index is 0.0634. The van der Waals surface area contributed by atoms with E-state index in [2.05, 4.69) is 22.9 Å². The Morgan fingerprint density at radius 3 is 2.58 bits per heavy atom. The van der Waals surface area contributed by atoms with Gasteiger partial charge >= 0.3 is 0 Å². The van der Waals surface area contributed by atoms with Crippen molar-refractivity contribution in [1.82, 2.24) is 9.88 Å². The largest absolute Gasteiger partial charge is 0.353 e. The number of piperazine rings is 1. The molecule has 1 amide bonds. The maximum absolute atomic E-state index is 10.7. The van der Waals surface area contributed by atoms with Gasteiger partial charge in [-0.15, -0.1) is 0 Å². The molecule has 0 radical (unpaired) electrons. The molecule has 1 aromatic rings. The number of anilines is 1. The van der Waals surface area contributed by atoms with Gasteiger partial charge in [-0.3, -0.25) is 4.79 Å². The highest BCUT2D eigenvalue weighted by molar-refractivity contribution is 5.49. The van der Waals surface area contributed by atoms with Crippen LogP contribution in [0.15, 0.2) is 12.1 Å². The van der Waals surface area contributed by atoms with E-state index in [4.69, 9.17) is 5.73 Å². The quantitative estimate of drug-likeness (QED) is 0.825. The number of nitrogens with zero attached hydrogens (tertiary/aromatic N) is 3. The van der Waals surface area contributed by atoms with Crippen LogP contribution in [0.2, 0.25) is 0 Å². The molecule has 1 fully saturated rings. The summed E-state index contributed by atoms with van der Waals surface area (Å²) in [7, 11) is 0. The molecule has 0 bridgehead atoms. The highest BCUT2D eigenvalue weighted by Crippen LogP contribution is 2.21. The van der Waals surface area contributed by atoms with E-state index >= 15 is 0 Å². The maximum Gasteiger partial charge on any atom is 0.209 e. The fourth-order valence-electron chi connectivity index (χ4n) is 2.40. The summed E-state index contributed by atoms with van der Waals surface area (Å²) in [6, 6.07) is 4.18. The molecule has 2 rings (SSSR count). The summed E-state index contributed by atoms with van der Waals surface area (Å²) in [6.07, 6.45) is 1.83. The van der Waals surface area contributed by atoms with Gasteiger partial charge < -0.3 is 15.5 Å². The molecule has 5 heteroatoms. The molecule has 1 saturated heterocycles. The minimum Gasteiger partial charge on any atom is -0.353 e. The number of carbonyl (C=O) groups excluding carboxylic acids is 1. The third kappa shape index (κ3) is 3.04. The van der Waals surface area contributed by atoms with E-state index in [0.29, 0.717) is 0 Å². The number of amides is 1. The molecule has 5 nitrogen and oxygen atoms in total. The molecule has 0 aromatic carbocycles. The Bertz CT molecular complexity index is 441.